The van der Waals surface area contributed by atoms with E-state index in [4.69, 9.17) is 14.2 Å². The summed E-state index contributed by atoms with van der Waals surface area (Å²) in [5.41, 5.74) is 2.15. The molecule has 3 rings (SSSR count). The maximum atomic E-state index is 14.6. The van der Waals surface area contributed by atoms with E-state index in [9.17, 15) is 9.18 Å². The highest BCUT2D eigenvalue weighted by atomic mass is 19.1. The lowest BCUT2D eigenvalue weighted by molar-refractivity contribution is -0.111. The van der Waals surface area contributed by atoms with E-state index in [1.54, 1.807) is 12.1 Å². The van der Waals surface area contributed by atoms with E-state index >= 15 is 0 Å². The number of halogens is 1. The highest BCUT2D eigenvalue weighted by molar-refractivity contribution is 6.02. The molecule has 1 amide bonds. The normalized spacial score (nSPS) is 10.6. The number of aromatic nitrogens is 3. The molecule has 0 fully saturated rings. The second-order valence-corrected chi connectivity index (χ2v) is 8.44. The van der Waals surface area contributed by atoms with Gasteiger partial charge in [0.05, 0.1) is 38.4 Å². The topological polar surface area (TPSA) is 114 Å². The standard InChI is InChI=1S/C26H32FN7O4/c1-8-23(35)30-18-13-19(21(36-5)14-20(18)34(4)10-9-33(2)3)31-26-29-15-28-25(32-26)16-11-17(27)24(38-7)22(12-16)37-6/h8,11-15H,1,9-10H2,2-7H3,(H,30,35)(H,28,29,31,32). The zero-order chi connectivity index (χ0) is 27.8. The van der Waals surface area contributed by atoms with E-state index in [1.165, 1.54) is 39.8 Å². The van der Waals surface area contributed by atoms with Crippen LogP contribution >= 0.6 is 0 Å². The highest BCUT2D eigenvalue weighted by Gasteiger charge is 2.18. The van der Waals surface area contributed by atoms with Crippen molar-refractivity contribution < 1.29 is 23.4 Å². The highest BCUT2D eigenvalue weighted by Crippen LogP contribution is 2.38. The van der Waals surface area contributed by atoms with E-state index in [-0.39, 0.29) is 29.2 Å². The lowest BCUT2D eigenvalue weighted by Crippen LogP contribution is -2.29. The number of likely N-dealkylation sites (N-methyl/N-ethyl adjacent to an activating group) is 2. The van der Waals surface area contributed by atoms with Crippen LogP contribution in [0.4, 0.5) is 27.4 Å². The van der Waals surface area contributed by atoms with Crippen molar-refractivity contribution in [3.8, 4) is 28.6 Å². The minimum Gasteiger partial charge on any atom is -0.494 e. The SMILES string of the molecule is C=CC(=O)Nc1cc(Nc2ncnc(-c3cc(F)c(OC)c(OC)c3)n2)c(OC)cc1N(C)CCN(C)C. The largest absolute Gasteiger partial charge is 0.494 e. The first-order valence-corrected chi connectivity index (χ1v) is 11.6. The van der Waals surface area contributed by atoms with E-state index in [2.05, 4.69) is 37.1 Å². The molecule has 0 aliphatic heterocycles. The fraction of sp³-hybridized carbons (Fsp3) is 0.308. The Hall–Kier alpha value is -4.45. The van der Waals surface area contributed by atoms with Gasteiger partial charge in [-0.15, -0.1) is 0 Å². The minimum absolute atomic E-state index is 0.0156. The number of carbonyl (C=O) groups excluding carboxylic acids is 1. The molecule has 0 atom stereocenters. The van der Waals surface area contributed by atoms with Gasteiger partial charge in [-0.05, 0) is 38.4 Å². The summed E-state index contributed by atoms with van der Waals surface area (Å²) in [5.74, 6) is 0.0947. The molecule has 2 aromatic carbocycles. The maximum Gasteiger partial charge on any atom is 0.247 e. The van der Waals surface area contributed by atoms with Gasteiger partial charge >= 0.3 is 0 Å². The summed E-state index contributed by atoms with van der Waals surface area (Å²) in [4.78, 5) is 29.0. The Morgan fingerprint density at radius 3 is 2.37 bits per heavy atom. The van der Waals surface area contributed by atoms with E-state index in [1.807, 2.05) is 32.1 Å². The van der Waals surface area contributed by atoms with Gasteiger partial charge in [-0.1, -0.05) is 6.58 Å². The third-order valence-electron chi connectivity index (χ3n) is 5.57. The van der Waals surface area contributed by atoms with Gasteiger partial charge in [0.2, 0.25) is 11.9 Å². The molecule has 0 aliphatic rings. The van der Waals surface area contributed by atoms with Crippen molar-refractivity contribution in [2.75, 3.05) is 71.1 Å². The Kier molecular flexibility index (Phi) is 9.39. The number of methoxy groups -OCH3 is 3. The summed E-state index contributed by atoms with van der Waals surface area (Å²) in [5, 5.41) is 5.95. The number of carbonyl (C=O) groups is 1. The molecule has 3 aromatic rings. The average Bonchev–Trinajstić information content (AvgIpc) is 2.91. The molecule has 0 bridgehead atoms. The lowest BCUT2D eigenvalue weighted by Gasteiger charge is -2.26. The fourth-order valence-electron chi connectivity index (χ4n) is 3.57. The number of nitrogens with one attached hydrogen (secondary N) is 2. The average molecular weight is 526 g/mol. The number of amides is 1. The molecule has 38 heavy (non-hydrogen) atoms. The van der Waals surface area contributed by atoms with E-state index in [0.717, 1.165) is 12.2 Å². The molecule has 1 aromatic heterocycles. The van der Waals surface area contributed by atoms with Gasteiger partial charge in [-0.3, -0.25) is 4.79 Å². The van der Waals surface area contributed by atoms with Gasteiger partial charge in [0.25, 0.3) is 0 Å². The summed E-state index contributed by atoms with van der Waals surface area (Å²) in [6.07, 6.45) is 2.50. The van der Waals surface area contributed by atoms with Gasteiger partial charge in [0, 0.05) is 31.8 Å². The van der Waals surface area contributed by atoms with Crippen LogP contribution in [-0.4, -0.2) is 81.3 Å². The minimum atomic E-state index is -0.616. The van der Waals surface area contributed by atoms with Crippen molar-refractivity contribution in [2.45, 2.75) is 0 Å². The molecular weight excluding hydrogens is 493 g/mol. The zero-order valence-corrected chi connectivity index (χ0v) is 22.3. The number of benzene rings is 2. The van der Waals surface area contributed by atoms with Gasteiger partial charge in [0.15, 0.2) is 23.1 Å². The quantitative estimate of drug-likeness (QED) is 0.340. The molecule has 0 saturated carbocycles. The van der Waals surface area contributed by atoms with E-state index < -0.39 is 5.82 Å². The Bertz CT molecular complexity index is 1300. The monoisotopic (exact) mass is 525 g/mol. The third-order valence-corrected chi connectivity index (χ3v) is 5.57. The molecule has 1 heterocycles. The van der Waals surface area contributed by atoms with Crippen molar-refractivity contribution >= 4 is 28.9 Å². The van der Waals surface area contributed by atoms with Crippen LogP contribution in [0.15, 0.2) is 43.2 Å². The lowest BCUT2D eigenvalue weighted by atomic mass is 10.1. The van der Waals surface area contributed by atoms with Gasteiger partial charge in [0.1, 0.15) is 12.1 Å². The first-order valence-electron chi connectivity index (χ1n) is 11.6. The van der Waals surface area contributed by atoms with Crippen LogP contribution in [-0.2, 0) is 4.79 Å². The molecular formula is C26H32FN7O4. The first kappa shape index (κ1) is 28.1. The molecule has 0 spiro atoms. The number of hydrogen-bond acceptors (Lipinski definition) is 10. The van der Waals surface area contributed by atoms with Gasteiger partial charge in [-0.2, -0.15) is 4.98 Å². The summed E-state index contributed by atoms with van der Waals surface area (Å²) in [6.45, 7) is 5.05. The van der Waals surface area contributed by atoms with Crippen LogP contribution in [0.1, 0.15) is 0 Å². The third kappa shape index (κ3) is 6.65. The van der Waals surface area contributed by atoms with Crippen LogP contribution in [0.3, 0.4) is 0 Å². The van der Waals surface area contributed by atoms with Gasteiger partial charge < -0.3 is 34.6 Å². The summed E-state index contributed by atoms with van der Waals surface area (Å²) in [6, 6.07) is 6.36. The van der Waals surface area contributed by atoms with Gasteiger partial charge in [-0.25, -0.2) is 14.4 Å². The van der Waals surface area contributed by atoms with Crippen molar-refractivity contribution in [1.29, 1.82) is 0 Å². The number of rotatable bonds is 12. The molecule has 2 N–H and O–H groups in total. The predicted molar refractivity (Wildman–Crippen MR) is 145 cm³/mol. The number of anilines is 4. The molecule has 0 saturated heterocycles. The second-order valence-electron chi connectivity index (χ2n) is 8.44. The zero-order valence-electron chi connectivity index (χ0n) is 22.3. The maximum absolute atomic E-state index is 14.6. The van der Waals surface area contributed by atoms with Crippen LogP contribution in [0.25, 0.3) is 11.4 Å². The van der Waals surface area contributed by atoms with Crippen LogP contribution in [0.2, 0.25) is 0 Å². The summed E-state index contributed by atoms with van der Waals surface area (Å²) in [7, 11) is 10.2. The Balaban J connectivity index is 2.00. The number of ether oxygens (including phenoxy) is 3. The Morgan fingerprint density at radius 2 is 1.74 bits per heavy atom. The number of nitrogens with zero attached hydrogens (tertiary/aromatic N) is 5. The number of hydrogen-bond donors (Lipinski definition) is 2. The van der Waals surface area contributed by atoms with Crippen LogP contribution in [0.5, 0.6) is 17.2 Å². The Morgan fingerprint density at radius 1 is 1.00 bits per heavy atom. The summed E-state index contributed by atoms with van der Waals surface area (Å²) < 4.78 is 30.5. The predicted octanol–water partition coefficient (Wildman–Crippen LogP) is 3.57. The smallest absolute Gasteiger partial charge is 0.247 e. The van der Waals surface area contributed by atoms with Crippen molar-refractivity contribution in [1.82, 2.24) is 19.9 Å². The molecule has 202 valence electrons. The van der Waals surface area contributed by atoms with E-state index in [0.29, 0.717) is 29.2 Å². The Labute approximate surface area is 221 Å². The molecule has 11 nitrogen and oxygen atoms in total. The van der Waals surface area contributed by atoms with Crippen molar-refractivity contribution in [3.63, 3.8) is 0 Å². The second kappa shape index (κ2) is 12.7. The molecule has 12 heteroatoms. The van der Waals surface area contributed by atoms with Crippen LogP contribution in [0, 0.1) is 5.82 Å². The molecule has 0 unspecified atom stereocenters. The summed E-state index contributed by atoms with van der Waals surface area (Å²) >= 11 is 0. The fourth-order valence-corrected chi connectivity index (χ4v) is 3.57. The molecule has 0 radical (unpaired) electrons. The van der Waals surface area contributed by atoms with Crippen LogP contribution < -0.4 is 29.7 Å². The van der Waals surface area contributed by atoms with Crippen molar-refractivity contribution in [2.24, 2.45) is 0 Å². The first-order chi connectivity index (χ1) is 18.2. The van der Waals surface area contributed by atoms with Crippen molar-refractivity contribution in [3.05, 3.63) is 49.1 Å². The molecule has 0 aliphatic carbocycles.